The molecule has 2 aromatic heterocycles. The Bertz CT molecular complexity index is 461. The van der Waals surface area contributed by atoms with Crippen molar-refractivity contribution in [3.05, 3.63) is 60.2 Å². The van der Waals surface area contributed by atoms with E-state index in [9.17, 15) is 0 Å². The first-order valence-electron chi connectivity index (χ1n) is 5.51. The van der Waals surface area contributed by atoms with Gasteiger partial charge in [-0.25, -0.2) is 0 Å². The Balaban J connectivity index is 2.08. The first-order chi connectivity index (χ1) is 8.75. The molecule has 3 nitrogen and oxygen atoms in total. The van der Waals surface area contributed by atoms with Crippen LogP contribution in [-0.2, 0) is 13.1 Å². The molecule has 0 bridgehead atoms. The fourth-order valence-corrected chi connectivity index (χ4v) is 1.89. The summed E-state index contributed by atoms with van der Waals surface area (Å²) in [6, 6.07) is 7.88. The average Bonchev–Trinajstić information content (AvgIpc) is 2.40. The number of pyridine rings is 2. The Morgan fingerprint density at radius 3 is 1.89 bits per heavy atom. The zero-order chi connectivity index (χ0) is 12.8. The molecular weight excluding hydrogens is 262 g/mol. The minimum absolute atomic E-state index is 0.572. The lowest BCUT2D eigenvalue weighted by Gasteiger charge is -2.22. The topological polar surface area (TPSA) is 29.0 Å². The van der Waals surface area contributed by atoms with Crippen molar-refractivity contribution in [2.75, 3.05) is 0 Å². The van der Waals surface area contributed by atoms with Gasteiger partial charge in [0.05, 0.1) is 0 Å². The molecule has 2 heterocycles. The largest absolute Gasteiger partial charge is 0.349 e. The number of thiol groups is 1. The third-order valence-electron chi connectivity index (χ3n) is 2.46. The maximum Gasteiger partial charge on any atom is 0.133 e. The predicted molar refractivity (Wildman–Crippen MR) is 79.3 cm³/mol. The van der Waals surface area contributed by atoms with E-state index in [0.717, 1.165) is 11.1 Å². The zero-order valence-electron chi connectivity index (χ0n) is 9.73. The van der Waals surface area contributed by atoms with E-state index in [4.69, 9.17) is 12.2 Å². The fraction of sp³-hybridized carbons (Fsp3) is 0.154. The Hall–Kier alpha value is -1.46. The highest BCUT2D eigenvalue weighted by molar-refractivity contribution is 8.10. The smallest absolute Gasteiger partial charge is 0.133 e. The van der Waals surface area contributed by atoms with Gasteiger partial charge in [0.15, 0.2) is 0 Å². The van der Waals surface area contributed by atoms with Gasteiger partial charge in [0.2, 0.25) is 0 Å². The molecule has 0 aliphatic heterocycles. The second-order valence-corrected chi connectivity index (χ2v) is 4.97. The summed E-state index contributed by atoms with van der Waals surface area (Å²) in [5.41, 5.74) is 2.22. The highest BCUT2D eigenvalue weighted by atomic mass is 32.1. The molecule has 18 heavy (non-hydrogen) atoms. The van der Waals surface area contributed by atoms with Gasteiger partial charge in [-0.15, -0.1) is 12.6 Å². The second kappa shape index (κ2) is 6.47. The van der Waals surface area contributed by atoms with Crippen LogP contribution in [-0.4, -0.2) is 19.2 Å². The van der Waals surface area contributed by atoms with Gasteiger partial charge in [-0.2, -0.15) is 0 Å². The molecule has 92 valence electrons. The van der Waals surface area contributed by atoms with E-state index in [0.29, 0.717) is 17.4 Å². The second-order valence-electron chi connectivity index (χ2n) is 3.86. The summed E-state index contributed by atoms with van der Waals surface area (Å²) in [6.07, 6.45) is 7.19. The van der Waals surface area contributed by atoms with Crippen LogP contribution in [0, 0.1) is 0 Å². The summed E-state index contributed by atoms with van der Waals surface area (Å²) in [6.45, 7) is 1.40. The van der Waals surface area contributed by atoms with Crippen molar-refractivity contribution in [1.82, 2.24) is 14.9 Å². The maximum atomic E-state index is 5.16. The monoisotopic (exact) mass is 275 g/mol. The van der Waals surface area contributed by atoms with E-state index in [1.54, 1.807) is 12.4 Å². The average molecular weight is 275 g/mol. The van der Waals surface area contributed by atoms with Gasteiger partial charge < -0.3 is 4.90 Å². The molecule has 0 aliphatic carbocycles. The van der Waals surface area contributed by atoms with Crippen LogP contribution in [0.2, 0.25) is 0 Å². The van der Waals surface area contributed by atoms with Crippen molar-refractivity contribution in [2.45, 2.75) is 13.1 Å². The Morgan fingerprint density at radius 1 is 1.06 bits per heavy atom. The SMILES string of the molecule is S=C(S)N(Cc1cccnc1)Cc1cccnc1. The number of hydrogen-bond acceptors (Lipinski definition) is 3. The molecule has 5 heteroatoms. The number of rotatable bonds is 4. The van der Waals surface area contributed by atoms with Crippen LogP contribution in [0.15, 0.2) is 49.1 Å². The normalized spacial score (nSPS) is 10.1. The maximum absolute atomic E-state index is 5.16. The van der Waals surface area contributed by atoms with Gasteiger partial charge in [0.1, 0.15) is 4.32 Å². The van der Waals surface area contributed by atoms with Crippen LogP contribution in [0.3, 0.4) is 0 Å². The summed E-state index contributed by atoms with van der Waals surface area (Å²) < 4.78 is 0.572. The van der Waals surface area contributed by atoms with E-state index in [1.807, 2.05) is 41.6 Å². The van der Waals surface area contributed by atoms with Gasteiger partial charge in [0.25, 0.3) is 0 Å². The van der Waals surface area contributed by atoms with Crippen molar-refractivity contribution in [3.8, 4) is 0 Å². The lowest BCUT2D eigenvalue weighted by Crippen LogP contribution is -2.25. The summed E-state index contributed by atoms with van der Waals surface area (Å²) >= 11 is 9.43. The molecule has 2 rings (SSSR count). The van der Waals surface area contributed by atoms with Crippen molar-refractivity contribution in [2.24, 2.45) is 0 Å². The predicted octanol–water partition coefficient (Wildman–Crippen LogP) is 2.69. The van der Waals surface area contributed by atoms with Crippen LogP contribution in [0.25, 0.3) is 0 Å². The van der Waals surface area contributed by atoms with Crippen molar-refractivity contribution < 1.29 is 0 Å². The van der Waals surface area contributed by atoms with Gasteiger partial charge in [-0.05, 0) is 23.3 Å². The minimum Gasteiger partial charge on any atom is -0.349 e. The number of nitrogens with zero attached hydrogens (tertiary/aromatic N) is 3. The summed E-state index contributed by atoms with van der Waals surface area (Å²) in [5.74, 6) is 0. The number of hydrogen-bond donors (Lipinski definition) is 1. The zero-order valence-corrected chi connectivity index (χ0v) is 11.4. The molecule has 0 amide bonds. The molecule has 0 saturated heterocycles. The molecule has 0 N–H and O–H groups in total. The molecule has 0 saturated carbocycles. The van der Waals surface area contributed by atoms with Gasteiger partial charge in [-0.1, -0.05) is 24.4 Å². The molecule has 0 unspecified atom stereocenters. The van der Waals surface area contributed by atoms with E-state index >= 15 is 0 Å². The van der Waals surface area contributed by atoms with Gasteiger partial charge in [-0.3, -0.25) is 9.97 Å². The van der Waals surface area contributed by atoms with Crippen LogP contribution in [0.5, 0.6) is 0 Å². The van der Waals surface area contributed by atoms with Crippen molar-refractivity contribution >= 4 is 29.2 Å². The number of aromatic nitrogens is 2. The standard InChI is InChI=1S/C13H13N3S2/c17-13(18)16(9-11-3-1-5-14-7-11)10-12-4-2-6-15-8-12/h1-8H,9-10H2,(H,17,18). The molecule has 0 spiro atoms. The van der Waals surface area contributed by atoms with Gasteiger partial charge >= 0.3 is 0 Å². The molecule has 0 aromatic carbocycles. The Labute approximate surface area is 117 Å². The van der Waals surface area contributed by atoms with Crippen molar-refractivity contribution in [3.63, 3.8) is 0 Å². The fourth-order valence-electron chi connectivity index (χ4n) is 1.62. The van der Waals surface area contributed by atoms with Crippen LogP contribution in [0.4, 0.5) is 0 Å². The van der Waals surface area contributed by atoms with E-state index in [2.05, 4.69) is 22.6 Å². The highest BCUT2D eigenvalue weighted by Gasteiger charge is 2.08. The molecule has 0 aliphatic rings. The molecule has 2 aromatic rings. The lowest BCUT2D eigenvalue weighted by molar-refractivity contribution is 0.420. The van der Waals surface area contributed by atoms with Crippen LogP contribution in [0.1, 0.15) is 11.1 Å². The number of thiocarbonyl (C=S) groups is 1. The van der Waals surface area contributed by atoms with E-state index in [-0.39, 0.29) is 0 Å². The van der Waals surface area contributed by atoms with Crippen LogP contribution >= 0.6 is 24.8 Å². The highest BCUT2D eigenvalue weighted by Crippen LogP contribution is 2.11. The Kier molecular flexibility index (Phi) is 4.66. The molecule has 0 fully saturated rings. The van der Waals surface area contributed by atoms with Crippen LogP contribution < -0.4 is 0 Å². The third-order valence-corrected chi connectivity index (χ3v) is 3.00. The summed E-state index contributed by atoms with van der Waals surface area (Å²) in [7, 11) is 0. The molecular formula is C13H13N3S2. The van der Waals surface area contributed by atoms with E-state index < -0.39 is 0 Å². The summed E-state index contributed by atoms with van der Waals surface area (Å²) in [4.78, 5) is 10.2. The third kappa shape index (κ3) is 3.78. The summed E-state index contributed by atoms with van der Waals surface area (Å²) in [5, 5.41) is 0. The van der Waals surface area contributed by atoms with Gasteiger partial charge in [0, 0.05) is 37.9 Å². The van der Waals surface area contributed by atoms with E-state index in [1.165, 1.54) is 0 Å². The first kappa shape index (κ1) is 13.0. The quantitative estimate of drug-likeness (QED) is 0.686. The molecule has 0 radical (unpaired) electrons. The minimum atomic E-state index is 0.572. The first-order valence-corrected chi connectivity index (χ1v) is 6.37. The molecule has 0 atom stereocenters. The Morgan fingerprint density at radius 2 is 1.56 bits per heavy atom. The van der Waals surface area contributed by atoms with Crippen molar-refractivity contribution in [1.29, 1.82) is 0 Å². The lowest BCUT2D eigenvalue weighted by atomic mass is 10.2.